The normalized spacial score (nSPS) is 12.6. The van der Waals surface area contributed by atoms with Gasteiger partial charge in [-0.25, -0.2) is 0 Å². The van der Waals surface area contributed by atoms with Crippen LogP contribution >= 0.6 is 0 Å². The van der Waals surface area contributed by atoms with Crippen molar-refractivity contribution in [3.05, 3.63) is 35.9 Å². The minimum absolute atomic E-state index is 0.293. The predicted molar refractivity (Wildman–Crippen MR) is 62.7 cm³/mol. The lowest BCUT2D eigenvalue weighted by Crippen LogP contribution is -2.21. The van der Waals surface area contributed by atoms with Gasteiger partial charge in [-0.15, -0.1) is 0 Å². The van der Waals surface area contributed by atoms with E-state index < -0.39 is 15.6 Å². The van der Waals surface area contributed by atoms with E-state index in [1.807, 2.05) is 0 Å². The molecule has 0 radical (unpaired) electrons. The molecule has 1 rings (SSSR count). The topological polar surface area (TPSA) is 54.4 Å². The van der Waals surface area contributed by atoms with E-state index in [9.17, 15) is 13.2 Å². The van der Waals surface area contributed by atoms with Crippen molar-refractivity contribution in [2.75, 3.05) is 0 Å². The van der Waals surface area contributed by atoms with Crippen LogP contribution in [0.1, 0.15) is 26.3 Å². The molecule has 0 spiro atoms. The maximum absolute atomic E-state index is 10.7. The van der Waals surface area contributed by atoms with Crippen LogP contribution in [0.2, 0.25) is 0 Å². The maximum atomic E-state index is 10.7. The number of benzene rings is 1. The van der Waals surface area contributed by atoms with Gasteiger partial charge in [-0.2, -0.15) is 21.6 Å². The molecule has 1 aromatic rings. The van der Waals surface area contributed by atoms with Crippen molar-refractivity contribution in [1.82, 2.24) is 0 Å². The Balaban J connectivity index is 0.000000331. The van der Waals surface area contributed by atoms with Gasteiger partial charge in [0.1, 0.15) is 0 Å². The van der Waals surface area contributed by atoms with Crippen molar-refractivity contribution < 1.29 is 26.1 Å². The summed E-state index contributed by atoms with van der Waals surface area (Å²) in [5, 5.41) is 0. The molecule has 7 heteroatoms. The first kappa shape index (κ1) is 16.9. The molecular formula is C11H15F3O3S. The summed E-state index contributed by atoms with van der Waals surface area (Å²) in [4.78, 5) is 0. The third kappa shape index (κ3) is 6.02. The molecule has 18 heavy (non-hydrogen) atoms. The average Bonchev–Trinajstić information content (AvgIpc) is 2.15. The number of alkyl halides is 3. The number of hydrogen-bond acceptors (Lipinski definition) is 2. The van der Waals surface area contributed by atoms with Crippen LogP contribution in [-0.2, 0) is 15.5 Å². The van der Waals surface area contributed by atoms with Gasteiger partial charge >= 0.3 is 15.6 Å². The quantitative estimate of drug-likeness (QED) is 0.587. The van der Waals surface area contributed by atoms with Crippen LogP contribution in [0.5, 0.6) is 0 Å². The van der Waals surface area contributed by atoms with Crippen LogP contribution in [0.4, 0.5) is 13.2 Å². The second-order valence-electron chi connectivity index (χ2n) is 4.54. The zero-order valence-electron chi connectivity index (χ0n) is 10.2. The van der Waals surface area contributed by atoms with Crippen LogP contribution in [0, 0.1) is 0 Å². The second kappa shape index (κ2) is 5.71. The minimum Gasteiger partial charge on any atom is -0.279 e. The van der Waals surface area contributed by atoms with E-state index in [2.05, 4.69) is 51.1 Å². The van der Waals surface area contributed by atoms with E-state index in [0.29, 0.717) is 5.41 Å². The zero-order chi connectivity index (χ0) is 14.6. The Labute approximate surface area is 104 Å². The summed E-state index contributed by atoms with van der Waals surface area (Å²) in [6.07, 6.45) is 0. The van der Waals surface area contributed by atoms with E-state index in [1.165, 1.54) is 5.56 Å². The molecule has 0 saturated heterocycles. The fourth-order valence-corrected chi connectivity index (χ4v) is 0.938. The summed E-state index contributed by atoms with van der Waals surface area (Å²) in [5.74, 6) is 0. The first-order valence-electron chi connectivity index (χ1n) is 4.95. The van der Waals surface area contributed by atoms with Crippen LogP contribution in [0.3, 0.4) is 0 Å². The van der Waals surface area contributed by atoms with E-state index in [1.54, 1.807) is 0 Å². The molecule has 1 aromatic carbocycles. The highest BCUT2D eigenvalue weighted by Gasteiger charge is 2.44. The zero-order valence-corrected chi connectivity index (χ0v) is 11.0. The van der Waals surface area contributed by atoms with Gasteiger partial charge in [-0.3, -0.25) is 4.55 Å². The Kier molecular flexibility index (Phi) is 5.36. The Morgan fingerprint density at radius 1 is 1.00 bits per heavy atom. The molecule has 0 saturated carbocycles. The summed E-state index contributed by atoms with van der Waals surface area (Å²) in [7, 11) is -5.84. The summed E-state index contributed by atoms with van der Waals surface area (Å²) in [5.41, 5.74) is -3.84. The molecule has 0 aliphatic heterocycles. The highest BCUT2D eigenvalue weighted by molar-refractivity contribution is 7.86. The first-order valence-corrected chi connectivity index (χ1v) is 6.39. The fraction of sp³-hybridized carbons (Fsp3) is 0.455. The highest BCUT2D eigenvalue weighted by atomic mass is 32.2. The molecule has 1 N–H and O–H groups in total. The van der Waals surface area contributed by atoms with Crippen LogP contribution in [0.15, 0.2) is 30.3 Å². The molecule has 0 aliphatic carbocycles. The van der Waals surface area contributed by atoms with Gasteiger partial charge in [0.15, 0.2) is 0 Å². The van der Waals surface area contributed by atoms with Crippen molar-refractivity contribution in [1.29, 1.82) is 0 Å². The molecule has 0 bridgehead atoms. The third-order valence-corrected chi connectivity index (χ3v) is 2.52. The molecular weight excluding hydrogens is 269 g/mol. The lowest BCUT2D eigenvalue weighted by atomic mass is 9.87. The molecule has 104 valence electrons. The van der Waals surface area contributed by atoms with Crippen molar-refractivity contribution >= 4 is 10.1 Å². The summed E-state index contributed by atoms with van der Waals surface area (Å²) < 4.78 is 57.5. The van der Waals surface area contributed by atoms with Crippen LogP contribution < -0.4 is 0 Å². The number of rotatable bonds is 0. The van der Waals surface area contributed by atoms with Gasteiger partial charge in [0.2, 0.25) is 0 Å². The van der Waals surface area contributed by atoms with Gasteiger partial charge < -0.3 is 0 Å². The predicted octanol–water partition coefficient (Wildman–Crippen LogP) is 3.38. The largest absolute Gasteiger partial charge is 0.522 e. The molecule has 0 atom stereocenters. The number of hydrogen-bond donors (Lipinski definition) is 1. The molecule has 0 unspecified atom stereocenters. The smallest absolute Gasteiger partial charge is 0.279 e. The Morgan fingerprint density at radius 2 is 1.33 bits per heavy atom. The van der Waals surface area contributed by atoms with Gasteiger partial charge in [0.05, 0.1) is 0 Å². The molecule has 0 fully saturated rings. The molecule has 0 aromatic heterocycles. The molecule has 0 aliphatic rings. The fourth-order valence-electron chi connectivity index (χ4n) is 0.938. The van der Waals surface area contributed by atoms with E-state index in [0.717, 1.165) is 0 Å². The van der Waals surface area contributed by atoms with Crippen LogP contribution in [-0.4, -0.2) is 18.5 Å². The summed E-state index contributed by atoms with van der Waals surface area (Å²) >= 11 is 0. The maximum Gasteiger partial charge on any atom is 0.522 e. The van der Waals surface area contributed by atoms with E-state index in [-0.39, 0.29) is 0 Å². The van der Waals surface area contributed by atoms with Gasteiger partial charge in [-0.1, -0.05) is 51.1 Å². The van der Waals surface area contributed by atoms with Crippen molar-refractivity contribution in [2.45, 2.75) is 31.7 Å². The summed E-state index contributed by atoms with van der Waals surface area (Å²) in [6.45, 7) is 6.67. The molecule has 0 amide bonds. The van der Waals surface area contributed by atoms with Crippen molar-refractivity contribution in [2.24, 2.45) is 0 Å². The highest BCUT2D eigenvalue weighted by Crippen LogP contribution is 2.21. The Hall–Kier alpha value is -1.08. The first-order chi connectivity index (χ1) is 7.86. The minimum atomic E-state index is -5.84. The lowest BCUT2D eigenvalue weighted by molar-refractivity contribution is -0.0510. The second-order valence-corrected chi connectivity index (χ2v) is 5.95. The van der Waals surface area contributed by atoms with E-state index in [4.69, 9.17) is 13.0 Å². The van der Waals surface area contributed by atoms with Crippen molar-refractivity contribution in [3.63, 3.8) is 0 Å². The van der Waals surface area contributed by atoms with Gasteiger partial charge in [0, 0.05) is 0 Å². The van der Waals surface area contributed by atoms with Crippen molar-refractivity contribution in [3.8, 4) is 0 Å². The Bertz CT molecular complexity index is 459. The monoisotopic (exact) mass is 284 g/mol. The standard InChI is InChI=1S/C10H14.CHF3O3S/c1-10(2,3)9-7-5-4-6-8-9;2-1(3,4)8(5,6)7/h4-8H,1-3H3;(H,5,6,7). The Morgan fingerprint density at radius 3 is 1.50 bits per heavy atom. The van der Waals surface area contributed by atoms with Gasteiger partial charge in [0.25, 0.3) is 0 Å². The lowest BCUT2D eigenvalue weighted by Gasteiger charge is -2.18. The number of halogens is 3. The van der Waals surface area contributed by atoms with Gasteiger partial charge in [-0.05, 0) is 11.0 Å². The molecule has 3 nitrogen and oxygen atoms in total. The summed E-state index contributed by atoms with van der Waals surface area (Å²) in [6, 6.07) is 10.6. The third-order valence-electron chi connectivity index (χ3n) is 1.93. The average molecular weight is 284 g/mol. The SMILES string of the molecule is CC(C)(C)c1ccccc1.O=S(=O)(O)C(F)(F)F. The van der Waals surface area contributed by atoms with Crippen LogP contribution in [0.25, 0.3) is 0 Å². The van der Waals surface area contributed by atoms with E-state index >= 15 is 0 Å². The molecule has 0 heterocycles.